The molecular formula is C51H58F2N8O3. The van der Waals surface area contributed by atoms with Gasteiger partial charge >= 0.3 is 6.09 Å². The molecule has 64 heavy (non-hydrogen) atoms. The summed E-state index contributed by atoms with van der Waals surface area (Å²) in [5, 5.41) is 9.76. The second kappa shape index (κ2) is 17.2. The van der Waals surface area contributed by atoms with Crippen LogP contribution in [0, 0.1) is 17.6 Å². The maximum Gasteiger partial charge on any atom is 0.407 e. The van der Waals surface area contributed by atoms with Crippen LogP contribution in [-0.2, 0) is 4.79 Å². The molecule has 0 radical (unpaired) electrons. The number of halogens is 2. The van der Waals surface area contributed by atoms with E-state index in [1.807, 2.05) is 43.0 Å². The van der Waals surface area contributed by atoms with Crippen LogP contribution in [0.2, 0.25) is 0 Å². The highest BCUT2D eigenvalue weighted by molar-refractivity contribution is 5.86. The van der Waals surface area contributed by atoms with Crippen molar-refractivity contribution in [2.24, 2.45) is 5.92 Å². The van der Waals surface area contributed by atoms with Crippen LogP contribution in [0.25, 0.3) is 22.1 Å². The SMILES string of the molecule is CC(C)[C@@H](C(=O)N1CCC[C@H]1c1nc2ccc([C@H]3CC[C@H](c4ccc5nc(C6CCCC6)[nH]c5c4)N3c3cc(F)c(N4CCC(c5ccccc5)CC4)c(F)c3)cc2[nH]1)N(C)C(=O)O. The lowest BCUT2D eigenvalue weighted by atomic mass is 9.89. The number of aromatic amines is 2. The van der Waals surface area contributed by atoms with Gasteiger partial charge in [-0.3, -0.25) is 9.69 Å². The highest BCUT2D eigenvalue weighted by atomic mass is 19.1. The van der Waals surface area contributed by atoms with E-state index >= 15 is 8.78 Å². The van der Waals surface area contributed by atoms with E-state index in [-0.39, 0.29) is 35.6 Å². The van der Waals surface area contributed by atoms with Gasteiger partial charge in [-0.2, -0.15) is 0 Å². The average molecular weight is 869 g/mol. The van der Waals surface area contributed by atoms with Crippen LogP contribution in [0.15, 0.2) is 78.9 Å². The molecule has 3 N–H and O–H groups in total. The number of carbonyl (C=O) groups is 2. The topological polar surface area (TPSA) is 125 Å². The number of carbonyl (C=O) groups excluding carboxylic acids is 1. The molecule has 2 aromatic heterocycles. The lowest BCUT2D eigenvalue weighted by molar-refractivity contribution is -0.138. The van der Waals surface area contributed by atoms with E-state index in [1.165, 1.54) is 37.6 Å². The molecule has 5 heterocycles. The quantitative estimate of drug-likeness (QED) is 0.125. The summed E-state index contributed by atoms with van der Waals surface area (Å²) >= 11 is 0. The Kier molecular flexibility index (Phi) is 11.3. The summed E-state index contributed by atoms with van der Waals surface area (Å²) in [5.74, 6) is 0.978. The highest BCUT2D eigenvalue weighted by Crippen LogP contribution is 2.49. The Bertz CT molecular complexity index is 2650. The van der Waals surface area contributed by atoms with Gasteiger partial charge in [0.25, 0.3) is 0 Å². The van der Waals surface area contributed by atoms with Crippen LogP contribution in [0.5, 0.6) is 0 Å². The number of likely N-dealkylation sites (tertiary alicyclic amines) is 1. The number of rotatable bonds is 10. The molecule has 13 heteroatoms. The fourth-order valence-electron chi connectivity index (χ4n) is 11.6. The van der Waals surface area contributed by atoms with Crippen LogP contribution in [0.3, 0.4) is 0 Å². The third-order valence-electron chi connectivity index (χ3n) is 14.8. The van der Waals surface area contributed by atoms with Crippen molar-refractivity contribution in [1.82, 2.24) is 29.7 Å². The molecule has 1 saturated carbocycles. The number of nitrogens with zero attached hydrogens (tertiary/aromatic N) is 6. The Morgan fingerprint density at radius 1 is 0.688 bits per heavy atom. The number of nitrogens with one attached hydrogen (secondary N) is 2. The van der Waals surface area contributed by atoms with E-state index in [4.69, 9.17) is 9.97 Å². The molecule has 0 unspecified atom stereocenters. The van der Waals surface area contributed by atoms with Crippen molar-refractivity contribution < 1.29 is 23.5 Å². The summed E-state index contributed by atoms with van der Waals surface area (Å²) in [6, 6.07) is 24.5. The maximum atomic E-state index is 16.6. The van der Waals surface area contributed by atoms with E-state index in [0.717, 1.165) is 88.9 Å². The predicted octanol–water partition coefficient (Wildman–Crippen LogP) is 11.1. The zero-order valence-electron chi connectivity index (χ0n) is 36.9. The summed E-state index contributed by atoms with van der Waals surface area (Å²) < 4.78 is 33.2. The van der Waals surface area contributed by atoms with E-state index in [1.54, 1.807) is 4.90 Å². The molecule has 2 amide bonds. The van der Waals surface area contributed by atoms with E-state index in [2.05, 4.69) is 57.3 Å². The fraction of sp³-hybridized carbons (Fsp3) is 0.451. The summed E-state index contributed by atoms with van der Waals surface area (Å²) in [6.07, 6.45) is 8.25. The van der Waals surface area contributed by atoms with Gasteiger partial charge in [-0.05, 0) is 116 Å². The number of benzene rings is 4. The summed E-state index contributed by atoms with van der Waals surface area (Å²) in [5.41, 5.74) is 7.34. The minimum Gasteiger partial charge on any atom is -0.465 e. The Morgan fingerprint density at radius 2 is 1.28 bits per heavy atom. The largest absolute Gasteiger partial charge is 0.465 e. The summed E-state index contributed by atoms with van der Waals surface area (Å²) in [4.78, 5) is 50.0. The van der Waals surface area contributed by atoms with Crippen molar-refractivity contribution in [2.45, 2.75) is 114 Å². The van der Waals surface area contributed by atoms with Gasteiger partial charge in [0.15, 0.2) is 11.6 Å². The molecule has 4 atom stereocenters. The number of aromatic nitrogens is 4. The lowest BCUT2D eigenvalue weighted by Crippen LogP contribution is -2.51. The number of H-pyrrole nitrogens is 2. The molecule has 334 valence electrons. The summed E-state index contributed by atoms with van der Waals surface area (Å²) in [6.45, 7) is 5.40. The molecule has 10 rings (SSSR count). The van der Waals surface area contributed by atoms with Crippen molar-refractivity contribution in [1.29, 1.82) is 0 Å². The standard InChI is InChI=1S/C51H58F2N8O3/c1-30(2)46(58(3)51(63)64)50(62)60-23-9-14-45(60)49-55-40-18-16-35(27-42(40)57-49)44-20-19-43(34-15-17-39-41(26-34)56-48(54-39)33-12-7-8-13-33)61(44)36-28-37(52)47(38(53)29-36)59-24-21-32(22-25-59)31-10-5-4-6-11-31/h4-6,10-11,15-18,26-30,32-33,43-46H,7-9,12-14,19-25H2,1-3H3,(H,54,56)(H,55,57)(H,63,64)/t43-,44-,45+,46+/m1/s1. The maximum absolute atomic E-state index is 16.6. The normalized spacial score (nSPS) is 21.5. The minimum absolute atomic E-state index is 0.0426. The number of anilines is 2. The van der Waals surface area contributed by atoms with E-state index in [0.29, 0.717) is 49.4 Å². The first-order valence-corrected chi connectivity index (χ1v) is 23.3. The number of amides is 2. The molecule has 1 aliphatic carbocycles. The van der Waals surface area contributed by atoms with Gasteiger partial charge < -0.3 is 29.8 Å². The summed E-state index contributed by atoms with van der Waals surface area (Å²) in [7, 11) is 1.45. The van der Waals surface area contributed by atoms with Gasteiger partial charge in [0.05, 0.1) is 40.2 Å². The second-order valence-corrected chi connectivity index (χ2v) is 19.0. The first kappa shape index (κ1) is 42.0. The third kappa shape index (κ3) is 7.74. The van der Waals surface area contributed by atoms with Crippen LogP contribution in [0.1, 0.15) is 136 Å². The third-order valence-corrected chi connectivity index (χ3v) is 14.8. The number of hydrogen-bond acceptors (Lipinski definition) is 6. The molecule has 0 bridgehead atoms. The first-order chi connectivity index (χ1) is 31.0. The molecule has 11 nitrogen and oxygen atoms in total. The van der Waals surface area contributed by atoms with Gasteiger partial charge in [-0.15, -0.1) is 0 Å². The van der Waals surface area contributed by atoms with Crippen LogP contribution >= 0.6 is 0 Å². The predicted molar refractivity (Wildman–Crippen MR) is 246 cm³/mol. The molecule has 3 saturated heterocycles. The number of carboxylic acid groups (broad SMARTS) is 1. The van der Waals surface area contributed by atoms with Crippen molar-refractivity contribution in [2.75, 3.05) is 36.5 Å². The molecular weight excluding hydrogens is 811 g/mol. The molecule has 3 aliphatic heterocycles. The molecule has 4 aliphatic rings. The van der Waals surface area contributed by atoms with Gasteiger partial charge in [0.1, 0.15) is 23.4 Å². The molecule has 4 fully saturated rings. The average Bonchev–Trinajstić information content (AvgIpc) is 4.15. The molecule has 4 aromatic carbocycles. The highest BCUT2D eigenvalue weighted by Gasteiger charge is 2.41. The second-order valence-electron chi connectivity index (χ2n) is 19.0. The Balaban J connectivity index is 0.972. The Labute approximate surface area is 372 Å². The number of hydrogen-bond donors (Lipinski definition) is 3. The number of imidazole rings is 2. The fourth-order valence-corrected chi connectivity index (χ4v) is 11.6. The van der Waals surface area contributed by atoms with Gasteiger partial charge in [0, 0.05) is 38.3 Å². The van der Waals surface area contributed by atoms with Crippen molar-refractivity contribution in [3.05, 3.63) is 119 Å². The zero-order valence-corrected chi connectivity index (χ0v) is 36.9. The van der Waals surface area contributed by atoms with Crippen LogP contribution < -0.4 is 9.80 Å². The number of piperidine rings is 1. The van der Waals surface area contributed by atoms with Gasteiger partial charge in [0.2, 0.25) is 5.91 Å². The van der Waals surface area contributed by atoms with Crippen molar-refractivity contribution >= 4 is 45.4 Å². The van der Waals surface area contributed by atoms with Crippen LogP contribution in [-0.4, -0.2) is 79.6 Å². The smallest absolute Gasteiger partial charge is 0.407 e. The lowest BCUT2D eigenvalue weighted by Gasteiger charge is -2.36. The van der Waals surface area contributed by atoms with E-state index < -0.39 is 23.8 Å². The van der Waals surface area contributed by atoms with Crippen molar-refractivity contribution in [3.8, 4) is 0 Å². The van der Waals surface area contributed by atoms with Gasteiger partial charge in [-0.25, -0.2) is 23.5 Å². The molecule has 6 aromatic rings. The van der Waals surface area contributed by atoms with E-state index in [9.17, 15) is 14.7 Å². The first-order valence-electron chi connectivity index (χ1n) is 23.3. The number of fused-ring (bicyclic) bond motifs is 2. The van der Waals surface area contributed by atoms with Crippen molar-refractivity contribution in [3.63, 3.8) is 0 Å². The Hall–Kier alpha value is -5.98. The Morgan fingerprint density at radius 3 is 1.88 bits per heavy atom. The number of likely N-dealkylation sites (N-methyl/N-ethyl adjacent to an activating group) is 1. The monoisotopic (exact) mass is 868 g/mol. The minimum atomic E-state index is -1.14. The zero-order chi connectivity index (χ0) is 44.2. The van der Waals surface area contributed by atoms with Gasteiger partial charge in [-0.1, -0.05) is 69.2 Å². The molecule has 0 spiro atoms. The van der Waals surface area contributed by atoms with Crippen LogP contribution in [0.4, 0.5) is 25.0 Å².